The minimum absolute atomic E-state index is 0.0767. The van der Waals surface area contributed by atoms with E-state index in [2.05, 4.69) is 4.72 Å². The van der Waals surface area contributed by atoms with Crippen molar-refractivity contribution >= 4 is 21.6 Å². The number of carbonyl (C=O) groups excluding carboxylic acids is 1. The Kier molecular flexibility index (Phi) is 5.82. The van der Waals surface area contributed by atoms with Crippen LogP contribution in [0.15, 0.2) is 53.4 Å². The summed E-state index contributed by atoms with van der Waals surface area (Å²) in [6.45, 7) is 4.97. The Balaban J connectivity index is 1.71. The highest BCUT2D eigenvalue weighted by molar-refractivity contribution is 7.89. The Hall–Kier alpha value is -2.38. The van der Waals surface area contributed by atoms with Gasteiger partial charge in [-0.25, -0.2) is 13.1 Å². The van der Waals surface area contributed by atoms with E-state index in [1.165, 1.54) is 12.1 Å². The van der Waals surface area contributed by atoms with Crippen LogP contribution in [0.2, 0.25) is 0 Å². The fourth-order valence-corrected chi connectivity index (χ4v) is 4.35. The molecular formula is C20H24N2O4S. The van der Waals surface area contributed by atoms with Gasteiger partial charge in [0.25, 0.3) is 0 Å². The average Bonchev–Trinajstić information content (AvgIpc) is 3.08. The number of hydrogen-bond acceptors (Lipinski definition) is 4. The van der Waals surface area contributed by atoms with Crippen molar-refractivity contribution in [2.24, 2.45) is 0 Å². The van der Waals surface area contributed by atoms with Crippen molar-refractivity contribution in [2.75, 3.05) is 18.1 Å². The highest BCUT2D eigenvalue weighted by Gasteiger charge is 2.23. The van der Waals surface area contributed by atoms with Crippen LogP contribution in [-0.4, -0.2) is 27.5 Å². The van der Waals surface area contributed by atoms with Gasteiger partial charge in [0.05, 0.1) is 11.5 Å². The zero-order valence-corrected chi connectivity index (χ0v) is 16.3. The lowest BCUT2D eigenvalue weighted by Gasteiger charge is -2.17. The van der Waals surface area contributed by atoms with Gasteiger partial charge in [0.1, 0.15) is 5.75 Å². The second-order valence-electron chi connectivity index (χ2n) is 6.49. The number of amides is 1. The molecule has 1 heterocycles. The minimum atomic E-state index is -3.67. The summed E-state index contributed by atoms with van der Waals surface area (Å²) in [7, 11) is -3.67. The zero-order valence-electron chi connectivity index (χ0n) is 15.5. The second-order valence-corrected chi connectivity index (χ2v) is 8.20. The normalized spacial score (nSPS) is 15.8. The number of anilines is 1. The molecule has 0 saturated carbocycles. The van der Waals surface area contributed by atoms with Gasteiger partial charge in [0, 0.05) is 24.7 Å². The van der Waals surface area contributed by atoms with E-state index in [4.69, 9.17) is 4.74 Å². The van der Waals surface area contributed by atoms with Crippen LogP contribution in [0, 0.1) is 0 Å². The largest absolute Gasteiger partial charge is 0.494 e. The Labute approximate surface area is 160 Å². The molecule has 0 aromatic heterocycles. The molecule has 1 saturated heterocycles. The van der Waals surface area contributed by atoms with Crippen molar-refractivity contribution in [1.82, 2.24) is 4.72 Å². The van der Waals surface area contributed by atoms with Gasteiger partial charge >= 0.3 is 0 Å². The smallest absolute Gasteiger partial charge is 0.241 e. The molecule has 1 N–H and O–H groups in total. The lowest BCUT2D eigenvalue weighted by molar-refractivity contribution is -0.117. The van der Waals surface area contributed by atoms with Crippen LogP contribution in [0.1, 0.15) is 38.3 Å². The molecule has 1 amide bonds. The van der Waals surface area contributed by atoms with Crippen molar-refractivity contribution < 1.29 is 17.9 Å². The van der Waals surface area contributed by atoms with Gasteiger partial charge < -0.3 is 9.64 Å². The van der Waals surface area contributed by atoms with Crippen molar-refractivity contribution in [3.05, 3.63) is 54.1 Å². The molecule has 0 spiro atoms. The van der Waals surface area contributed by atoms with E-state index in [9.17, 15) is 13.2 Å². The Morgan fingerprint density at radius 3 is 2.33 bits per heavy atom. The molecule has 2 aromatic rings. The minimum Gasteiger partial charge on any atom is -0.494 e. The standard InChI is InChI=1S/C20H24N2O4S/c1-3-26-18-10-6-16(7-11-18)15(2)21-27(24,25)19-12-8-17(9-13-19)22-14-4-5-20(22)23/h6-13,15,21H,3-5,14H2,1-2H3/t15-/m1/s1. The molecule has 27 heavy (non-hydrogen) atoms. The molecule has 0 unspecified atom stereocenters. The molecule has 1 fully saturated rings. The fourth-order valence-electron chi connectivity index (χ4n) is 3.11. The molecule has 7 heteroatoms. The number of nitrogens with zero attached hydrogens (tertiary/aromatic N) is 1. The quantitative estimate of drug-likeness (QED) is 0.790. The number of hydrogen-bond donors (Lipinski definition) is 1. The maximum absolute atomic E-state index is 12.7. The number of ether oxygens (including phenoxy) is 1. The van der Waals surface area contributed by atoms with Gasteiger partial charge in [0.15, 0.2) is 0 Å². The predicted molar refractivity (Wildman–Crippen MR) is 104 cm³/mol. The molecule has 0 bridgehead atoms. The van der Waals surface area contributed by atoms with E-state index in [1.54, 1.807) is 24.0 Å². The average molecular weight is 388 g/mol. The first-order chi connectivity index (χ1) is 12.9. The fraction of sp³-hybridized carbons (Fsp3) is 0.350. The van der Waals surface area contributed by atoms with Crippen LogP contribution in [0.3, 0.4) is 0 Å². The first-order valence-electron chi connectivity index (χ1n) is 9.06. The Bertz CT molecular complexity index is 893. The molecule has 144 valence electrons. The zero-order chi connectivity index (χ0) is 19.4. The molecule has 1 aliphatic heterocycles. The maximum Gasteiger partial charge on any atom is 0.241 e. The van der Waals surface area contributed by atoms with Crippen molar-refractivity contribution in [3.8, 4) is 5.75 Å². The lowest BCUT2D eigenvalue weighted by Crippen LogP contribution is -2.27. The molecule has 1 atom stereocenters. The van der Waals surface area contributed by atoms with E-state index in [-0.39, 0.29) is 16.8 Å². The third kappa shape index (κ3) is 4.48. The van der Waals surface area contributed by atoms with Crippen molar-refractivity contribution in [2.45, 2.75) is 37.6 Å². The second kappa shape index (κ2) is 8.10. The first-order valence-corrected chi connectivity index (χ1v) is 10.5. The molecule has 3 rings (SSSR count). The Morgan fingerprint density at radius 1 is 1.11 bits per heavy atom. The molecule has 0 radical (unpaired) electrons. The third-order valence-electron chi connectivity index (χ3n) is 4.56. The topological polar surface area (TPSA) is 75.7 Å². The highest BCUT2D eigenvalue weighted by atomic mass is 32.2. The van der Waals surface area contributed by atoms with Gasteiger partial charge in [-0.05, 0) is 62.2 Å². The SMILES string of the molecule is CCOc1ccc([C@@H](C)NS(=O)(=O)c2ccc(N3CCCC3=O)cc2)cc1. The Morgan fingerprint density at radius 2 is 1.78 bits per heavy atom. The first kappa shape index (κ1) is 19.4. The maximum atomic E-state index is 12.7. The molecule has 6 nitrogen and oxygen atoms in total. The molecule has 2 aromatic carbocycles. The predicted octanol–water partition coefficient (Wildman–Crippen LogP) is 3.25. The lowest BCUT2D eigenvalue weighted by atomic mass is 10.1. The van der Waals surface area contributed by atoms with E-state index in [0.29, 0.717) is 19.6 Å². The third-order valence-corrected chi connectivity index (χ3v) is 6.11. The number of benzene rings is 2. The molecular weight excluding hydrogens is 364 g/mol. The molecule has 0 aliphatic carbocycles. The van der Waals surface area contributed by atoms with Crippen LogP contribution in [0.4, 0.5) is 5.69 Å². The molecule has 1 aliphatic rings. The van der Waals surface area contributed by atoms with E-state index in [1.807, 2.05) is 31.2 Å². The summed E-state index contributed by atoms with van der Waals surface area (Å²) in [6.07, 6.45) is 1.38. The monoisotopic (exact) mass is 388 g/mol. The van der Waals surface area contributed by atoms with E-state index >= 15 is 0 Å². The summed E-state index contributed by atoms with van der Waals surface area (Å²) in [5.41, 5.74) is 1.58. The van der Waals surface area contributed by atoms with Crippen LogP contribution in [0.25, 0.3) is 0 Å². The number of sulfonamides is 1. The summed E-state index contributed by atoms with van der Waals surface area (Å²) >= 11 is 0. The van der Waals surface area contributed by atoms with Gasteiger partial charge in [-0.15, -0.1) is 0 Å². The van der Waals surface area contributed by atoms with Gasteiger partial charge in [0.2, 0.25) is 15.9 Å². The number of rotatable bonds is 7. The van der Waals surface area contributed by atoms with E-state index in [0.717, 1.165) is 23.4 Å². The van der Waals surface area contributed by atoms with Crippen molar-refractivity contribution in [1.29, 1.82) is 0 Å². The van der Waals surface area contributed by atoms with E-state index < -0.39 is 10.0 Å². The van der Waals surface area contributed by atoms with Crippen LogP contribution >= 0.6 is 0 Å². The number of nitrogens with one attached hydrogen (secondary N) is 1. The van der Waals surface area contributed by atoms with Gasteiger partial charge in [-0.1, -0.05) is 12.1 Å². The summed E-state index contributed by atoms with van der Waals surface area (Å²) in [6, 6.07) is 13.4. The number of carbonyl (C=O) groups is 1. The van der Waals surface area contributed by atoms with Gasteiger partial charge in [-0.3, -0.25) is 4.79 Å². The van der Waals surface area contributed by atoms with Crippen LogP contribution in [-0.2, 0) is 14.8 Å². The summed E-state index contributed by atoms with van der Waals surface area (Å²) in [5.74, 6) is 0.830. The van der Waals surface area contributed by atoms with Crippen LogP contribution < -0.4 is 14.4 Å². The van der Waals surface area contributed by atoms with Gasteiger partial charge in [-0.2, -0.15) is 0 Å². The van der Waals surface area contributed by atoms with Crippen molar-refractivity contribution in [3.63, 3.8) is 0 Å². The highest BCUT2D eigenvalue weighted by Crippen LogP contribution is 2.24. The summed E-state index contributed by atoms with van der Waals surface area (Å²) < 4.78 is 33.4. The summed E-state index contributed by atoms with van der Waals surface area (Å²) in [5, 5.41) is 0. The summed E-state index contributed by atoms with van der Waals surface area (Å²) in [4.78, 5) is 13.7. The van der Waals surface area contributed by atoms with Crippen LogP contribution in [0.5, 0.6) is 5.75 Å².